The molecule has 0 aliphatic heterocycles. The van der Waals surface area contributed by atoms with Crippen molar-refractivity contribution < 1.29 is 4.74 Å². The highest BCUT2D eigenvalue weighted by atomic mass is 35.5. The van der Waals surface area contributed by atoms with Gasteiger partial charge in [-0.3, -0.25) is 0 Å². The number of rotatable bonds is 4. The van der Waals surface area contributed by atoms with Gasteiger partial charge < -0.3 is 9.72 Å². The van der Waals surface area contributed by atoms with E-state index in [0.717, 1.165) is 17.0 Å². The van der Waals surface area contributed by atoms with Gasteiger partial charge in [-0.2, -0.15) is 5.10 Å². The zero-order chi connectivity index (χ0) is 16.5. The monoisotopic (exact) mass is 340 g/mol. The van der Waals surface area contributed by atoms with Crippen LogP contribution < -0.4 is 4.74 Å². The van der Waals surface area contributed by atoms with Crippen molar-refractivity contribution in [3.05, 3.63) is 53.7 Å². The maximum absolute atomic E-state index is 6.46. The second-order valence-electron chi connectivity index (χ2n) is 5.19. The Kier molecular flexibility index (Phi) is 3.62. The molecule has 3 aromatic heterocycles. The fourth-order valence-electron chi connectivity index (χ4n) is 2.41. The quantitative estimate of drug-likeness (QED) is 0.617. The van der Waals surface area contributed by atoms with Crippen molar-refractivity contribution in [1.82, 2.24) is 29.7 Å². The minimum Gasteiger partial charge on any atom is -0.497 e. The number of methoxy groups -OCH3 is 1. The predicted molar refractivity (Wildman–Crippen MR) is 90.0 cm³/mol. The molecule has 0 amide bonds. The average molecular weight is 341 g/mol. The lowest BCUT2D eigenvalue weighted by Gasteiger charge is -2.04. The van der Waals surface area contributed by atoms with Crippen molar-refractivity contribution >= 4 is 22.6 Å². The maximum atomic E-state index is 6.46. The number of halogens is 1. The predicted octanol–water partition coefficient (Wildman–Crippen LogP) is 2.93. The minimum atomic E-state index is 0.476. The van der Waals surface area contributed by atoms with Crippen LogP contribution in [0.5, 0.6) is 5.75 Å². The third-order valence-electron chi connectivity index (χ3n) is 3.65. The van der Waals surface area contributed by atoms with E-state index in [1.165, 1.54) is 0 Å². The summed E-state index contributed by atoms with van der Waals surface area (Å²) in [6, 6.07) is 7.76. The van der Waals surface area contributed by atoms with Gasteiger partial charge in [-0.1, -0.05) is 23.7 Å². The molecular weight excluding hydrogens is 328 g/mol. The van der Waals surface area contributed by atoms with Crippen molar-refractivity contribution in [3.63, 3.8) is 0 Å². The number of aromatic amines is 1. The normalized spacial score (nSPS) is 11.1. The Hall–Kier alpha value is -2.93. The van der Waals surface area contributed by atoms with E-state index in [4.69, 9.17) is 16.3 Å². The molecule has 0 saturated heterocycles. The van der Waals surface area contributed by atoms with E-state index in [1.54, 1.807) is 30.5 Å². The molecule has 0 spiro atoms. The van der Waals surface area contributed by atoms with E-state index in [1.807, 2.05) is 24.3 Å². The van der Waals surface area contributed by atoms with E-state index in [9.17, 15) is 0 Å². The largest absolute Gasteiger partial charge is 0.497 e. The number of hydrogen-bond acceptors (Lipinski definition) is 5. The summed E-state index contributed by atoms with van der Waals surface area (Å²) in [6.07, 6.45) is 4.91. The van der Waals surface area contributed by atoms with Crippen LogP contribution in [0.4, 0.5) is 0 Å². The van der Waals surface area contributed by atoms with Crippen LogP contribution in [0.25, 0.3) is 22.6 Å². The first-order valence-corrected chi connectivity index (χ1v) is 7.63. The van der Waals surface area contributed by atoms with Crippen LogP contribution in [0.2, 0.25) is 5.15 Å². The summed E-state index contributed by atoms with van der Waals surface area (Å²) in [7, 11) is 1.64. The summed E-state index contributed by atoms with van der Waals surface area (Å²) < 4.78 is 6.87. The van der Waals surface area contributed by atoms with Crippen LogP contribution >= 0.6 is 11.6 Å². The number of aromatic nitrogens is 6. The van der Waals surface area contributed by atoms with Crippen LogP contribution in [-0.2, 0) is 6.54 Å². The number of imidazole rings is 1. The van der Waals surface area contributed by atoms with Crippen molar-refractivity contribution in [2.45, 2.75) is 6.54 Å². The molecule has 1 N–H and O–H groups in total. The van der Waals surface area contributed by atoms with Crippen LogP contribution in [-0.4, -0.2) is 36.8 Å². The molecule has 0 unspecified atom stereocenters. The zero-order valence-electron chi connectivity index (χ0n) is 12.8. The maximum Gasteiger partial charge on any atom is 0.178 e. The van der Waals surface area contributed by atoms with Gasteiger partial charge in [0.1, 0.15) is 22.5 Å². The molecule has 4 rings (SSSR count). The first-order valence-electron chi connectivity index (χ1n) is 7.25. The third kappa shape index (κ3) is 2.59. The van der Waals surface area contributed by atoms with Crippen LogP contribution in [0.3, 0.4) is 0 Å². The fourth-order valence-corrected chi connectivity index (χ4v) is 2.65. The van der Waals surface area contributed by atoms with Gasteiger partial charge in [-0.25, -0.2) is 19.6 Å². The molecule has 0 aliphatic carbocycles. The summed E-state index contributed by atoms with van der Waals surface area (Å²) >= 11 is 6.46. The van der Waals surface area contributed by atoms with Crippen molar-refractivity contribution in [1.29, 1.82) is 0 Å². The van der Waals surface area contributed by atoms with Gasteiger partial charge in [0.05, 0.1) is 32.4 Å². The molecule has 24 heavy (non-hydrogen) atoms. The van der Waals surface area contributed by atoms with Gasteiger partial charge in [0, 0.05) is 0 Å². The molecule has 7 nitrogen and oxygen atoms in total. The van der Waals surface area contributed by atoms with Crippen molar-refractivity contribution in [3.8, 4) is 17.3 Å². The number of ether oxygens (including phenoxy) is 1. The van der Waals surface area contributed by atoms with E-state index >= 15 is 0 Å². The zero-order valence-corrected chi connectivity index (χ0v) is 13.5. The van der Waals surface area contributed by atoms with E-state index in [0.29, 0.717) is 28.6 Å². The highest BCUT2D eigenvalue weighted by Crippen LogP contribution is 2.24. The molecule has 0 radical (unpaired) electrons. The molecule has 8 heteroatoms. The number of hydrogen-bond donors (Lipinski definition) is 1. The molecule has 4 aromatic rings. The van der Waals surface area contributed by atoms with Crippen molar-refractivity contribution in [2.24, 2.45) is 0 Å². The van der Waals surface area contributed by atoms with Gasteiger partial charge in [0.2, 0.25) is 0 Å². The number of benzene rings is 1. The lowest BCUT2D eigenvalue weighted by Crippen LogP contribution is -2.01. The highest BCUT2D eigenvalue weighted by Gasteiger charge is 2.14. The van der Waals surface area contributed by atoms with Crippen LogP contribution in [0.1, 0.15) is 5.56 Å². The number of fused-ring (bicyclic) bond motifs is 1. The van der Waals surface area contributed by atoms with Gasteiger partial charge in [-0.05, 0) is 17.7 Å². The second-order valence-corrected chi connectivity index (χ2v) is 5.55. The van der Waals surface area contributed by atoms with Crippen LogP contribution in [0.15, 0.2) is 43.0 Å². The van der Waals surface area contributed by atoms with Gasteiger partial charge in [0.15, 0.2) is 11.0 Å². The summed E-state index contributed by atoms with van der Waals surface area (Å²) in [4.78, 5) is 15.7. The first-order chi connectivity index (χ1) is 11.7. The summed E-state index contributed by atoms with van der Waals surface area (Å²) in [5, 5.41) is 4.95. The lowest BCUT2D eigenvalue weighted by molar-refractivity contribution is 0.414. The second kappa shape index (κ2) is 5.93. The summed E-state index contributed by atoms with van der Waals surface area (Å²) in [6.45, 7) is 0.540. The topological polar surface area (TPSA) is 81.5 Å². The third-order valence-corrected chi connectivity index (χ3v) is 4.02. The Morgan fingerprint density at radius 2 is 2.04 bits per heavy atom. The Labute approximate surface area is 142 Å². The minimum absolute atomic E-state index is 0.476. The van der Waals surface area contributed by atoms with E-state index in [-0.39, 0.29) is 0 Å². The fraction of sp³-hybridized carbons (Fsp3) is 0.125. The molecule has 0 saturated carbocycles. The van der Waals surface area contributed by atoms with E-state index in [2.05, 4.69) is 25.0 Å². The Balaban J connectivity index is 1.69. The summed E-state index contributed by atoms with van der Waals surface area (Å²) in [5.41, 5.74) is 3.06. The standard InChI is InChI=1S/C16H13ClN6O/c1-24-11-4-2-10(3-5-11)8-23-15(17)14-12(22-23)7-19-16(21-14)13-6-18-9-20-13/h2-7,9H,8H2,1H3,(H,18,20). The highest BCUT2D eigenvalue weighted by molar-refractivity contribution is 6.34. The van der Waals surface area contributed by atoms with Crippen LogP contribution in [0, 0.1) is 0 Å². The molecule has 120 valence electrons. The Morgan fingerprint density at radius 3 is 2.75 bits per heavy atom. The molecule has 1 aromatic carbocycles. The molecular formula is C16H13ClN6O. The number of nitrogens with one attached hydrogen (secondary N) is 1. The van der Waals surface area contributed by atoms with E-state index < -0.39 is 0 Å². The summed E-state index contributed by atoms with van der Waals surface area (Å²) in [5.74, 6) is 1.34. The molecule has 3 heterocycles. The molecule has 0 fully saturated rings. The Morgan fingerprint density at radius 1 is 1.21 bits per heavy atom. The molecule has 0 bridgehead atoms. The smallest absolute Gasteiger partial charge is 0.178 e. The number of H-pyrrole nitrogens is 1. The van der Waals surface area contributed by atoms with Gasteiger partial charge >= 0.3 is 0 Å². The molecule has 0 atom stereocenters. The van der Waals surface area contributed by atoms with Gasteiger partial charge in [-0.15, -0.1) is 0 Å². The number of nitrogens with zero attached hydrogens (tertiary/aromatic N) is 5. The van der Waals surface area contributed by atoms with Gasteiger partial charge in [0.25, 0.3) is 0 Å². The van der Waals surface area contributed by atoms with Crippen molar-refractivity contribution in [2.75, 3.05) is 7.11 Å². The lowest BCUT2D eigenvalue weighted by atomic mass is 10.2. The first kappa shape index (κ1) is 14.6. The molecule has 0 aliphatic rings. The SMILES string of the molecule is COc1ccc(Cn2nc3cnc(-c4cnc[nH]4)nc3c2Cl)cc1. The Bertz CT molecular complexity index is 978. The average Bonchev–Trinajstić information content (AvgIpc) is 3.25.